The van der Waals surface area contributed by atoms with Gasteiger partial charge in [-0.3, -0.25) is 0 Å². The highest BCUT2D eigenvalue weighted by molar-refractivity contribution is 7.20. The number of carbonyl (C=O) groups is 1. The Morgan fingerprint density at radius 3 is 2.92 bits per heavy atom. The first-order chi connectivity index (χ1) is 11.6. The summed E-state index contributed by atoms with van der Waals surface area (Å²) < 4.78 is 10.6. The standard InChI is InChI=1S/C17H23N3O3S/c1-4-23-17(21)14-10(2)13-15(18-9-19-16(13)24-14)20-11(3)12-5-7-22-8-6-12/h9,11-12H,4-8H2,1-3H3,(H,18,19,20). The monoisotopic (exact) mass is 349 g/mol. The van der Waals surface area contributed by atoms with Gasteiger partial charge in [0.2, 0.25) is 0 Å². The van der Waals surface area contributed by atoms with Crippen molar-refractivity contribution in [2.75, 3.05) is 25.1 Å². The zero-order valence-corrected chi connectivity index (χ0v) is 15.1. The lowest BCUT2D eigenvalue weighted by atomic mass is 9.93. The van der Waals surface area contributed by atoms with Crippen molar-refractivity contribution in [1.29, 1.82) is 0 Å². The number of fused-ring (bicyclic) bond motifs is 1. The third-order valence-corrected chi connectivity index (χ3v) is 5.70. The van der Waals surface area contributed by atoms with Gasteiger partial charge in [0.15, 0.2) is 0 Å². The largest absolute Gasteiger partial charge is 0.462 e. The van der Waals surface area contributed by atoms with Gasteiger partial charge in [-0.05, 0) is 45.1 Å². The van der Waals surface area contributed by atoms with Gasteiger partial charge in [-0.25, -0.2) is 14.8 Å². The van der Waals surface area contributed by atoms with Gasteiger partial charge in [0.1, 0.15) is 21.9 Å². The lowest BCUT2D eigenvalue weighted by Gasteiger charge is -2.28. The molecule has 6 nitrogen and oxygen atoms in total. The van der Waals surface area contributed by atoms with E-state index in [2.05, 4.69) is 22.2 Å². The lowest BCUT2D eigenvalue weighted by molar-refractivity contribution is 0.0531. The fourth-order valence-corrected chi connectivity index (χ4v) is 4.16. The Balaban J connectivity index is 1.89. The molecule has 3 heterocycles. The van der Waals surface area contributed by atoms with Crippen LogP contribution in [0.5, 0.6) is 0 Å². The van der Waals surface area contributed by atoms with Crippen molar-refractivity contribution in [3.8, 4) is 0 Å². The second kappa shape index (κ2) is 7.44. The van der Waals surface area contributed by atoms with Crippen LogP contribution in [0.15, 0.2) is 6.33 Å². The summed E-state index contributed by atoms with van der Waals surface area (Å²) in [6.45, 7) is 7.92. The van der Waals surface area contributed by atoms with Crippen molar-refractivity contribution in [2.24, 2.45) is 5.92 Å². The number of aromatic nitrogens is 2. The van der Waals surface area contributed by atoms with Crippen LogP contribution >= 0.6 is 11.3 Å². The molecule has 1 atom stereocenters. The van der Waals surface area contributed by atoms with E-state index in [4.69, 9.17) is 9.47 Å². The number of esters is 1. The second-order valence-electron chi connectivity index (χ2n) is 6.06. The van der Waals surface area contributed by atoms with Crippen LogP contribution in [-0.2, 0) is 9.47 Å². The quantitative estimate of drug-likeness (QED) is 0.834. The summed E-state index contributed by atoms with van der Waals surface area (Å²) in [5.41, 5.74) is 0.885. The zero-order valence-electron chi connectivity index (χ0n) is 14.3. The molecule has 1 saturated heterocycles. The molecule has 1 N–H and O–H groups in total. The number of ether oxygens (including phenoxy) is 2. The Bertz CT molecular complexity index is 725. The molecule has 7 heteroatoms. The number of aryl methyl sites for hydroxylation is 1. The van der Waals surface area contributed by atoms with Crippen LogP contribution in [0, 0.1) is 12.8 Å². The first kappa shape index (κ1) is 17.1. The van der Waals surface area contributed by atoms with E-state index in [0.29, 0.717) is 17.4 Å². The number of hydrogen-bond donors (Lipinski definition) is 1. The minimum Gasteiger partial charge on any atom is -0.462 e. The highest BCUT2D eigenvalue weighted by Gasteiger charge is 2.24. The van der Waals surface area contributed by atoms with Crippen molar-refractivity contribution in [3.05, 3.63) is 16.8 Å². The molecule has 2 aromatic heterocycles. The van der Waals surface area contributed by atoms with Gasteiger partial charge >= 0.3 is 5.97 Å². The Morgan fingerprint density at radius 2 is 2.21 bits per heavy atom. The number of anilines is 1. The topological polar surface area (TPSA) is 73.3 Å². The van der Waals surface area contributed by atoms with Crippen LogP contribution < -0.4 is 5.32 Å². The molecule has 0 spiro atoms. The van der Waals surface area contributed by atoms with E-state index in [1.54, 1.807) is 6.33 Å². The number of nitrogens with zero attached hydrogens (tertiary/aromatic N) is 2. The SMILES string of the molecule is CCOC(=O)c1sc2ncnc(NC(C)C3CCOCC3)c2c1C. The van der Waals surface area contributed by atoms with E-state index in [9.17, 15) is 4.79 Å². The maximum atomic E-state index is 12.1. The van der Waals surface area contributed by atoms with Gasteiger partial charge in [0.05, 0.1) is 12.0 Å². The summed E-state index contributed by atoms with van der Waals surface area (Å²) in [5.74, 6) is 1.07. The Morgan fingerprint density at radius 1 is 1.46 bits per heavy atom. The molecule has 1 unspecified atom stereocenters. The van der Waals surface area contributed by atoms with E-state index in [-0.39, 0.29) is 12.0 Å². The van der Waals surface area contributed by atoms with Gasteiger partial charge in [0.25, 0.3) is 0 Å². The number of carbonyl (C=O) groups excluding carboxylic acids is 1. The third-order valence-electron chi connectivity index (χ3n) is 4.53. The normalized spacial score (nSPS) is 17.0. The van der Waals surface area contributed by atoms with Gasteiger partial charge in [-0.1, -0.05) is 0 Å². The summed E-state index contributed by atoms with van der Waals surface area (Å²) >= 11 is 1.36. The number of nitrogens with one attached hydrogen (secondary N) is 1. The summed E-state index contributed by atoms with van der Waals surface area (Å²) in [6, 6.07) is 0.289. The van der Waals surface area contributed by atoms with E-state index >= 15 is 0 Å². The van der Waals surface area contributed by atoms with Crippen molar-refractivity contribution in [3.63, 3.8) is 0 Å². The van der Waals surface area contributed by atoms with Crippen molar-refractivity contribution >= 4 is 33.3 Å². The molecule has 2 aromatic rings. The average Bonchev–Trinajstić information content (AvgIpc) is 2.94. The fourth-order valence-electron chi connectivity index (χ4n) is 3.12. The third kappa shape index (κ3) is 3.37. The van der Waals surface area contributed by atoms with Crippen LogP contribution in [0.3, 0.4) is 0 Å². The van der Waals surface area contributed by atoms with Crippen molar-refractivity contribution in [1.82, 2.24) is 9.97 Å². The first-order valence-electron chi connectivity index (χ1n) is 8.37. The Hall–Kier alpha value is -1.73. The number of rotatable bonds is 5. The highest BCUT2D eigenvalue weighted by atomic mass is 32.1. The maximum absolute atomic E-state index is 12.1. The fraction of sp³-hybridized carbons (Fsp3) is 0.588. The molecule has 0 aliphatic carbocycles. The smallest absolute Gasteiger partial charge is 0.348 e. The molecule has 130 valence electrons. The molecule has 1 aliphatic rings. The van der Waals surface area contributed by atoms with E-state index in [1.165, 1.54) is 11.3 Å². The van der Waals surface area contributed by atoms with Gasteiger partial charge in [0, 0.05) is 19.3 Å². The Labute approximate surface area is 145 Å². The average molecular weight is 349 g/mol. The molecule has 24 heavy (non-hydrogen) atoms. The number of hydrogen-bond acceptors (Lipinski definition) is 7. The molecule has 0 saturated carbocycles. The predicted molar refractivity (Wildman–Crippen MR) is 94.7 cm³/mol. The summed E-state index contributed by atoms with van der Waals surface area (Å²) in [7, 11) is 0. The molecule has 0 bridgehead atoms. The molecule has 0 amide bonds. The highest BCUT2D eigenvalue weighted by Crippen LogP contribution is 2.34. The van der Waals surface area contributed by atoms with Gasteiger partial charge in [-0.15, -0.1) is 11.3 Å². The van der Waals surface area contributed by atoms with Crippen molar-refractivity contribution in [2.45, 2.75) is 39.7 Å². The summed E-state index contributed by atoms with van der Waals surface area (Å²) in [4.78, 5) is 22.3. The van der Waals surface area contributed by atoms with E-state index in [1.807, 2.05) is 13.8 Å². The first-order valence-corrected chi connectivity index (χ1v) is 9.19. The summed E-state index contributed by atoms with van der Waals surface area (Å²) in [5, 5.41) is 4.45. The van der Waals surface area contributed by atoms with Gasteiger partial charge < -0.3 is 14.8 Å². The molecule has 0 aromatic carbocycles. The van der Waals surface area contributed by atoms with Crippen LogP contribution in [0.2, 0.25) is 0 Å². The lowest BCUT2D eigenvalue weighted by Crippen LogP contribution is -2.31. The minimum atomic E-state index is -0.290. The van der Waals surface area contributed by atoms with E-state index in [0.717, 1.165) is 47.7 Å². The van der Waals surface area contributed by atoms with Crippen LogP contribution in [0.25, 0.3) is 10.2 Å². The molecular formula is C17H23N3O3S. The molecule has 1 fully saturated rings. The predicted octanol–water partition coefficient (Wildman–Crippen LogP) is 3.40. The molecule has 0 radical (unpaired) electrons. The van der Waals surface area contributed by atoms with Gasteiger partial charge in [-0.2, -0.15) is 0 Å². The maximum Gasteiger partial charge on any atom is 0.348 e. The van der Waals surface area contributed by atoms with E-state index < -0.39 is 0 Å². The van der Waals surface area contributed by atoms with Crippen LogP contribution in [-0.4, -0.2) is 41.8 Å². The van der Waals surface area contributed by atoms with Crippen LogP contribution in [0.1, 0.15) is 41.9 Å². The summed E-state index contributed by atoms with van der Waals surface area (Å²) in [6.07, 6.45) is 3.66. The van der Waals surface area contributed by atoms with Crippen molar-refractivity contribution < 1.29 is 14.3 Å². The molecular weight excluding hydrogens is 326 g/mol. The molecule has 1 aliphatic heterocycles. The minimum absolute atomic E-state index is 0.289. The number of thiophene rings is 1. The zero-order chi connectivity index (χ0) is 17.1. The van der Waals surface area contributed by atoms with Crippen LogP contribution in [0.4, 0.5) is 5.82 Å². The Kier molecular flexibility index (Phi) is 5.30. The molecule has 3 rings (SSSR count). The second-order valence-corrected chi connectivity index (χ2v) is 7.06.